The van der Waals surface area contributed by atoms with Crippen molar-refractivity contribution in [2.24, 2.45) is 5.41 Å². The fourth-order valence-corrected chi connectivity index (χ4v) is 2.42. The SMILES string of the molecule is CCN(CCO)CC1(CS)CCC1. The molecular formula is C10H21NOS. The molecule has 2 nitrogen and oxygen atoms in total. The highest BCUT2D eigenvalue weighted by molar-refractivity contribution is 7.80. The van der Waals surface area contributed by atoms with Crippen molar-refractivity contribution in [2.45, 2.75) is 26.2 Å². The van der Waals surface area contributed by atoms with E-state index in [1.54, 1.807) is 0 Å². The van der Waals surface area contributed by atoms with Crippen LogP contribution in [0.2, 0.25) is 0 Å². The molecule has 1 fully saturated rings. The van der Waals surface area contributed by atoms with Crippen LogP contribution in [0.3, 0.4) is 0 Å². The molecule has 0 amide bonds. The molecule has 0 spiro atoms. The minimum Gasteiger partial charge on any atom is -0.395 e. The summed E-state index contributed by atoms with van der Waals surface area (Å²) in [5.74, 6) is 0.995. The number of hydrogen-bond acceptors (Lipinski definition) is 3. The van der Waals surface area contributed by atoms with Crippen LogP contribution in [0.15, 0.2) is 0 Å². The summed E-state index contributed by atoms with van der Waals surface area (Å²) in [4.78, 5) is 2.33. The Morgan fingerprint density at radius 2 is 2.15 bits per heavy atom. The van der Waals surface area contributed by atoms with Crippen molar-refractivity contribution in [3.05, 3.63) is 0 Å². The third kappa shape index (κ3) is 2.86. The van der Waals surface area contributed by atoms with Gasteiger partial charge in [0, 0.05) is 13.1 Å². The fraction of sp³-hybridized carbons (Fsp3) is 1.00. The third-order valence-corrected chi connectivity index (χ3v) is 3.84. The molecule has 1 N–H and O–H groups in total. The van der Waals surface area contributed by atoms with Crippen LogP contribution in [0.4, 0.5) is 0 Å². The summed E-state index contributed by atoms with van der Waals surface area (Å²) in [6.07, 6.45) is 3.99. The molecule has 13 heavy (non-hydrogen) atoms. The Balaban J connectivity index is 2.34. The van der Waals surface area contributed by atoms with E-state index in [2.05, 4.69) is 24.5 Å². The first-order valence-electron chi connectivity index (χ1n) is 5.20. The number of aliphatic hydroxyl groups excluding tert-OH is 1. The van der Waals surface area contributed by atoms with Gasteiger partial charge in [-0.25, -0.2) is 0 Å². The Morgan fingerprint density at radius 1 is 1.46 bits per heavy atom. The van der Waals surface area contributed by atoms with E-state index < -0.39 is 0 Å². The van der Waals surface area contributed by atoms with Crippen molar-refractivity contribution in [1.82, 2.24) is 4.90 Å². The molecule has 0 unspecified atom stereocenters. The Morgan fingerprint density at radius 3 is 2.46 bits per heavy atom. The Bertz CT molecular complexity index is 142. The molecule has 1 saturated carbocycles. The molecule has 0 saturated heterocycles. The number of aliphatic hydroxyl groups is 1. The maximum Gasteiger partial charge on any atom is 0.0558 e. The normalized spacial score (nSPS) is 20.3. The molecule has 78 valence electrons. The van der Waals surface area contributed by atoms with Gasteiger partial charge in [0.1, 0.15) is 0 Å². The smallest absolute Gasteiger partial charge is 0.0558 e. The van der Waals surface area contributed by atoms with E-state index in [0.29, 0.717) is 5.41 Å². The number of nitrogens with zero attached hydrogens (tertiary/aromatic N) is 1. The van der Waals surface area contributed by atoms with Gasteiger partial charge in [0.2, 0.25) is 0 Å². The zero-order chi connectivity index (χ0) is 9.73. The van der Waals surface area contributed by atoms with Gasteiger partial charge in [-0.3, -0.25) is 0 Å². The molecule has 0 atom stereocenters. The molecular weight excluding hydrogens is 182 g/mol. The molecule has 0 aliphatic heterocycles. The average Bonchev–Trinajstić information content (AvgIpc) is 2.09. The second-order valence-electron chi connectivity index (χ2n) is 4.10. The van der Waals surface area contributed by atoms with Crippen molar-refractivity contribution < 1.29 is 5.11 Å². The topological polar surface area (TPSA) is 23.5 Å². The van der Waals surface area contributed by atoms with Gasteiger partial charge in [-0.1, -0.05) is 13.3 Å². The highest BCUT2D eigenvalue weighted by Crippen LogP contribution is 2.42. The molecule has 1 rings (SSSR count). The van der Waals surface area contributed by atoms with Crippen molar-refractivity contribution in [3.63, 3.8) is 0 Å². The minimum absolute atomic E-state index is 0.274. The summed E-state index contributed by atoms with van der Waals surface area (Å²) in [5.41, 5.74) is 0.467. The lowest BCUT2D eigenvalue weighted by Crippen LogP contribution is -2.44. The maximum absolute atomic E-state index is 8.87. The summed E-state index contributed by atoms with van der Waals surface area (Å²) in [7, 11) is 0. The summed E-state index contributed by atoms with van der Waals surface area (Å²) < 4.78 is 0. The molecule has 0 aromatic carbocycles. The van der Waals surface area contributed by atoms with E-state index in [1.165, 1.54) is 19.3 Å². The standard InChI is InChI=1S/C10H21NOS/c1-2-11(6-7-12)8-10(9-13)4-3-5-10/h12-13H,2-9H2,1H3. The minimum atomic E-state index is 0.274. The van der Waals surface area contributed by atoms with Gasteiger partial charge in [0.25, 0.3) is 0 Å². The second-order valence-corrected chi connectivity index (χ2v) is 4.42. The second kappa shape index (κ2) is 5.23. The van der Waals surface area contributed by atoms with Crippen LogP contribution in [0.5, 0.6) is 0 Å². The van der Waals surface area contributed by atoms with Crippen molar-refractivity contribution >= 4 is 12.6 Å². The quantitative estimate of drug-likeness (QED) is 0.638. The van der Waals surface area contributed by atoms with Crippen LogP contribution in [0.25, 0.3) is 0 Å². The lowest BCUT2D eigenvalue weighted by atomic mass is 9.70. The number of thiol groups is 1. The summed E-state index contributed by atoms with van der Waals surface area (Å²) in [6, 6.07) is 0. The maximum atomic E-state index is 8.87. The van der Waals surface area contributed by atoms with E-state index in [-0.39, 0.29) is 6.61 Å². The summed E-state index contributed by atoms with van der Waals surface area (Å²) in [6.45, 7) is 5.40. The fourth-order valence-electron chi connectivity index (χ4n) is 2.01. The van der Waals surface area contributed by atoms with Gasteiger partial charge in [0.15, 0.2) is 0 Å². The zero-order valence-corrected chi connectivity index (χ0v) is 9.39. The molecule has 0 aromatic rings. The predicted octanol–water partition coefficient (Wildman–Crippen LogP) is 1.40. The average molecular weight is 203 g/mol. The van der Waals surface area contributed by atoms with E-state index >= 15 is 0 Å². The highest BCUT2D eigenvalue weighted by atomic mass is 32.1. The lowest BCUT2D eigenvalue weighted by Gasteiger charge is -2.44. The van der Waals surface area contributed by atoms with Crippen LogP contribution in [0, 0.1) is 5.41 Å². The van der Waals surface area contributed by atoms with Crippen LogP contribution >= 0.6 is 12.6 Å². The van der Waals surface area contributed by atoms with E-state index in [1.807, 2.05) is 0 Å². The monoisotopic (exact) mass is 203 g/mol. The number of rotatable bonds is 6. The zero-order valence-electron chi connectivity index (χ0n) is 8.50. The summed E-state index contributed by atoms with van der Waals surface area (Å²) in [5, 5.41) is 8.87. The molecule has 0 heterocycles. The van der Waals surface area contributed by atoms with Crippen molar-refractivity contribution in [1.29, 1.82) is 0 Å². The Labute approximate surface area is 86.7 Å². The molecule has 1 aliphatic rings. The van der Waals surface area contributed by atoms with Gasteiger partial charge in [0.05, 0.1) is 6.61 Å². The largest absolute Gasteiger partial charge is 0.395 e. The first-order valence-corrected chi connectivity index (χ1v) is 5.83. The molecule has 1 aliphatic carbocycles. The van der Waals surface area contributed by atoms with E-state index in [9.17, 15) is 0 Å². The Hall–Kier alpha value is 0.270. The molecule has 3 heteroatoms. The van der Waals surface area contributed by atoms with Gasteiger partial charge in [-0.05, 0) is 30.6 Å². The molecule has 0 bridgehead atoms. The van der Waals surface area contributed by atoms with Gasteiger partial charge >= 0.3 is 0 Å². The summed E-state index contributed by atoms with van der Waals surface area (Å²) >= 11 is 4.42. The van der Waals surface area contributed by atoms with Crippen LogP contribution < -0.4 is 0 Å². The predicted molar refractivity (Wildman–Crippen MR) is 59.3 cm³/mol. The number of hydrogen-bond donors (Lipinski definition) is 2. The van der Waals surface area contributed by atoms with Gasteiger partial charge < -0.3 is 10.0 Å². The van der Waals surface area contributed by atoms with E-state index in [4.69, 9.17) is 5.11 Å². The van der Waals surface area contributed by atoms with Crippen molar-refractivity contribution in [2.75, 3.05) is 32.0 Å². The van der Waals surface area contributed by atoms with Gasteiger partial charge in [-0.15, -0.1) is 0 Å². The Kier molecular flexibility index (Phi) is 4.56. The highest BCUT2D eigenvalue weighted by Gasteiger charge is 2.36. The third-order valence-electron chi connectivity index (χ3n) is 3.17. The number of likely N-dealkylation sites (N-methyl/N-ethyl adjacent to an activating group) is 1. The van der Waals surface area contributed by atoms with E-state index in [0.717, 1.165) is 25.4 Å². The van der Waals surface area contributed by atoms with Gasteiger partial charge in [-0.2, -0.15) is 12.6 Å². The molecule has 0 aromatic heterocycles. The van der Waals surface area contributed by atoms with Crippen LogP contribution in [-0.4, -0.2) is 42.0 Å². The van der Waals surface area contributed by atoms with Crippen molar-refractivity contribution in [3.8, 4) is 0 Å². The lowest BCUT2D eigenvalue weighted by molar-refractivity contribution is 0.0817. The first kappa shape index (κ1) is 11.3. The first-order chi connectivity index (χ1) is 6.26. The van der Waals surface area contributed by atoms with Crippen LogP contribution in [-0.2, 0) is 0 Å². The molecule has 0 radical (unpaired) electrons. The van der Waals surface area contributed by atoms with Crippen LogP contribution in [0.1, 0.15) is 26.2 Å².